The van der Waals surface area contributed by atoms with Crippen LogP contribution in [0.25, 0.3) is 0 Å². The van der Waals surface area contributed by atoms with E-state index in [0.717, 1.165) is 18.0 Å². The minimum absolute atomic E-state index is 0.0344. The number of carboxylic acid groups (broad SMARTS) is 1. The molecule has 0 atom stereocenters. The second-order valence-corrected chi connectivity index (χ2v) is 6.73. The first-order valence-corrected chi connectivity index (χ1v) is 8.19. The molecule has 2 aliphatic rings. The van der Waals surface area contributed by atoms with Crippen molar-refractivity contribution in [1.29, 1.82) is 0 Å². The highest BCUT2D eigenvalue weighted by Gasteiger charge is 2.48. The molecule has 2 aliphatic carbocycles. The number of amides is 1. The predicted octanol–water partition coefficient (Wildman–Crippen LogP) is 3.01. The van der Waals surface area contributed by atoms with E-state index in [-0.39, 0.29) is 5.91 Å². The van der Waals surface area contributed by atoms with Crippen LogP contribution in [-0.4, -0.2) is 23.5 Å². The lowest BCUT2D eigenvalue weighted by Crippen LogP contribution is -2.43. The molecule has 3 rings (SSSR count). The van der Waals surface area contributed by atoms with Gasteiger partial charge in [0, 0.05) is 13.0 Å². The normalized spacial score (nSPS) is 19.3. The first kappa shape index (κ1) is 15.1. The Labute approximate surface area is 130 Å². The highest BCUT2D eigenvalue weighted by molar-refractivity contribution is 5.89. The summed E-state index contributed by atoms with van der Waals surface area (Å²) in [7, 11) is 0. The maximum Gasteiger partial charge on any atom is 0.335 e. The summed E-state index contributed by atoms with van der Waals surface area (Å²) in [5.41, 5.74) is 1.41. The Morgan fingerprint density at radius 3 is 2.55 bits per heavy atom. The molecule has 0 spiro atoms. The number of carbonyl (C=O) groups is 2. The third kappa shape index (κ3) is 3.16. The third-order valence-corrected chi connectivity index (χ3v) is 5.30. The molecule has 4 nitrogen and oxygen atoms in total. The van der Waals surface area contributed by atoms with Crippen molar-refractivity contribution in [2.75, 3.05) is 6.54 Å². The Morgan fingerprint density at radius 1 is 1.23 bits per heavy atom. The molecule has 0 bridgehead atoms. The van der Waals surface area contributed by atoms with E-state index in [4.69, 9.17) is 5.11 Å². The van der Waals surface area contributed by atoms with Crippen LogP contribution in [0.1, 0.15) is 54.4 Å². The van der Waals surface area contributed by atoms with Crippen LogP contribution in [0.15, 0.2) is 24.3 Å². The van der Waals surface area contributed by atoms with Gasteiger partial charge in [-0.2, -0.15) is 0 Å². The Kier molecular flexibility index (Phi) is 4.19. The molecule has 2 fully saturated rings. The van der Waals surface area contributed by atoms with Crippen LogP contribution in [-0.2, 0) is 11.2 Å². The van der Waals surface area contributed by atoms with Gasteiger partial charge in [0.15, 0.2) is 0 Å². The second-order valence-electron chi connectivity index (χ2n) is 6.73. The third-order valence-electron chi connectivity index (χ3n) is 5.30. The molecule has 118 valence electrons. The topological polar surface area (TPSA) is 66.4 Å². The van der Waals surface area contributed by atoms with Gasteiger partial charge in [0.2, 0.25) is 5.91 Å². The van der Waals surface area contributed by atoms with Gasteiger partial charge in [0.25, 0.3) is 0 Å². The minimum Gasteiger partial charge on any atom is -0.478 e. The number of carboxylic acids is 1. The van der Waals surface area contributed by atoms with Crippen LogP contribution in [0.5, 0.6) is 0 Å². The molecule has 1 amide bonds. The highest BCUT2D eigenvalue weighted by Crippen LogP contribution is 2.56. The first-order chi connectivity index (χ1) is 10.6. The van der Waals surface area contributed by atoms with Gasteiger partial charge in [-0.15, -0.1) is 0 Å². The zero-order valence-corrected chi connectivity index (χ0v) is 12.8. The van der Waals surface area contributed by atoms with Crippen molar-refractivity contribution in [3.8, 4) is 0 Å². The van der Waals surface area contributed by atoms with E-state index in [9.17, 15) is 9.59 Å². The quantitative estimate of drug-likeness (QED) is 0.813. The molecule has 0 aromatic heterocycles. The van der Waals surface area contributed by atoms with Crippen LogP contribution >= 0.6 is 0 Å². The molecule has 0 heterocycles. The minimum atomic E-state index is -0.932. The molecule has 0 saturated heterocycles. The Bertz CT molecular complexity index is 573. The number of aromatic carboxylic acids is 1. The monoisotopic (exact) mass is 301 g/mol. The smallest absolute Gasteiger partial charge is 0.335 e. The summed E-state index contributed by atoms with van der Waals surface area (Å²) in [6.45, 7) is 0.803. The summed E-state index contributed by atoms with van der Waals surface area (Å²) in [5, 5.41) is 12.2. The number of aryl methyl sites for hydroxylation is 1. The first-order valence-electron chi connectivity index (χ1n) is 8.19. The molecule has 2 saturated carbocycles. The average Bonchev–Trinajstić information content (AvgIpc) is 3.29. The van der Waals surface area contributed by atoms with E-state index in [1.54, 1.807) is 18.2 Å². The maximum absolute atomic E-state index is 12.1. The van der Waals surface area contributed by atoms with Crippen LogP contribution in [0.2, 0.25) is 0 Å². The molecule has 22 heavy (non-hydrogen) atoms. The van der Waals surface area contributed by atoms with Crippen molar-refractivity contribution in [1.82, 2.24) is 5.32 Å². The summed E-state index contributed by atoms with van der Waals surface area (Å²) in [6.07, 6.45) is 7.26. The highest BCUT2D eigenvalue weighted by atomic mass is 16.4. The maximum atomic E-state index is 12.1. The largest absolute Gasteiger partial charge is 0.478 e. The van der Waals surface area contributed by atoms with Gasteiger partial charge in [-0.1, -0.05) is 24.6 Å². The lowest BCUT2D eigenvalue weighted by molar-refractivity contribution is -0.122. The molecule has 1 aromatic carbocycles. The fraction of sp³-hybridized carbons (Fsp3) is 0.556. The Hall–Kier alpha value is -1.84. The fourth-order valence-corrected chi connectivity index (χ4v) is 3.61. The SMILES string of the molecule is O=C(CCc1ccccc1C(=O)O)NCC1(C2CC2)CCC1. The van der Waals surface area contributed by atoms with E-state index in [2.05, 4.69) is 5.32 Å². The van der Waals surface area contributed by atoms with E-state index < -0.39 is 5.97 Å². The van der Waals surface area contributed by atoms with Crippen LogP contribution in [0.4, 0.5) is 0 Å². The number of hydrogen-bond acceptors (Lipinski definition) is 2. The predicted molar refractivity (Wildman–Crippen MR) is 83.7 cm³/mol. The van der Waals surface area contributed by atoms with Crippen molar-refractivity contribution in [2.24, 2.45) is 11.3 Å². The fourth-order valence-electron chi connectivity index (χ4n) is 3.61. The number of rotatable bonds is 7. The summed E-state index contributed by atoms with van der Waals surface area (Å²) in [4.78, 5) is 23.2. The molecule has 1 aromatic rings. The molecule has 4 heteroatoms. The Morgan fingerprint density at radius 2 is 1.95 bits per heavy atom. The van der Waals surface area contributed by atoms with Crippen molar-refractivity contribution < 1.29 is 14.7 Å². The van der Waals surface area contributed by atoms with Gasteiger partial charge in [-0.3, -0.25) is 4.79 Å². The van der Waals surface area contributed by atoms with Gasteiger partial charge in [-0.05, 0) is 55.1 Å². The average molecular weight is 301 g/mol. The second kappa shape index (κ2) is 6.11. The number of hydrogen-bond donors (Lipinski definition) is 2. The molecular formula is C18H23NO3. The number of nitrogens with one attached hydrogen (secondary N) is 1. The summed E-state index contributed by atoms with van der Waals surface area (Å²) in [5.74, 6) is -0.0698. The number of benzene rings is 1. The van der Waals surface area contributed by atoms with E-state index in [0.29, 0.717) is 23.8 Å². The van der Waals surface area contributed by atoms with Crippen molar-refractivity contribution in [2.45, 2.75) is 44.9 Å². The van der Waals surface area contributed by atoms with Crippen LogP contribution in [0, 0.1) is 11.3 Å². The summed E-state index contributed by atoms with van der Waals surface area (Å²) < 4.78 is 0. The Balaban J connectivity index is 1.49. The molecule has 2 N–H and O–H groups in total. The van der Waals surface area contributed by atoms with Gasteiger partial charge in [0.1, 0.15) is 0 Å². The lowest BCUT2D eigenvalue weighted by Gasteiger charge is -2.42. The van der Waals surface area contributed by atoms with Gasteiger partial charge < -0.3 is 10.4 Å². The van der Waals surface area contributed by atoms with Crippen LogP contribution < -0.4 is 5.32 Å². The van der Waals surface area contributed by atoms with Gasteiger partial charge in [0.05, 0.1) is 5.56 Å². The molecule has 0 radical (unpaired) electrons. The van der Waals surface area contributed by atoms with Crippen molar-refractivity contribution in [3.05, 3.63) is 35.4 Å². The van der Waals surface area contributed by atoms with Gasteiger partial charge >= 0.3 is 5.97 Å². The van der Waals surface area contributed by atoms with Crippen molar-refractivity contribution in [3.63, 3.8) is 0 Å². The van der Waals surface area contributed by atoms with E-state index in [1.165, 1.54) is 32.1 Å². The summed E-state index contributed by atoms with van der Waals surface area (Å²) in [6, 6.07) is 6.90. The standard InChI is InChI=1S/C18H23NO3/c20-16(19-12-18(10-3-11-18)14-7-8-14)9-6-13-4-1-2-5-15(13)17(21)22/h1-2,4-5,14H,3,6-12H2,(H,19,20)(H,21,22). The van der Waals surface area contributed by atoms with Gasteiger partial charge in [-0.25, -0.2) is 4.79 Å². The lowest BCUT2D eigenvalue weighted by atomic mass is 9.65. The molecule has 0 aliphatic heterocycles. The molecular weight excluding hydrogens is 278 g/mol. The molecule has 0 unspecified atom stereocenters. The number of carbonyl (C=O) groups excluding carboxylic acids is 1. The summed E-state index contributed by atoms with van der Waals surface area (Å²) >= 11 is 0. The zero-order chi connectivity index (χ0) is 15.6. The van der Waals surface area contributed by atoms with Crippen molar-refractivity contribution >= 4 is 11.9 Å². The zero-order valence-electron chi connectivity index (χ0n) is 12.8. The van der Waals surface area contributed by atoms with E-state index >= 15 is 0 Å². The van der Waals surface area contributed by atoms with E-state index in [1.807, 2.05) is 6.07 Å². The van der Waals surface area contributed by atoms with Crippen LogP contribution in [0.3, 0.4) is 0 Å².